The van der Waals surface area contributed by atoms with Crippen LogP contribution in [0.2, 0.25) is 0 Å². The maximum atomic E-state index is 5.51. The molecular weight excluding hydrogens is 190 g/mol. The monoisotopic (exact) mass is 207 g/mol. The number of nitrogens with one attached hydrogen (secondary N) is 1. The van der Waals surface area contributed by atoms with Crippen LogP contribution < -0.4 is 15.8 Å². The molecule has 0 amide bonds. The zero-order chi connectivity index (χ0) is 11.1. The first-order valence-corrected chi connectivity index (χ1v) is 4.88. The molecule has 0 atom stereocenters. The van der Waals surface area contributed by atoms with E-state index in [1.165, 1.54) is 5.56 Å². The van der Waals surface area contributed by atoms with E-state index in [9.17, 15) is 0 Å². The lowest BCUT2D eigenvalue weighted by Crippen LogP contribution is -2.34. The van der Waals surface area contributed by atoms with E-state index in [0.29, 0.717) is 19.1 Å². The summed E-state index contributed by atoms with van der Waals surface area (Å²) in [6.45, 7) is 3.25. The summed E-state index contributed by atoms with van der Waals surface area (Å²) in [6.07, 6.45) is 0. The van der Waals surface area contributed by atoms with Crippen LogP contribution in [0.5, 0.6) is 5.75 Å². The smallest absolute Gasteiger partial charge is 0.188 e. The third kappa shape index (κ3) is 4.35. The van der Waals surface area contributed by atoms with E-state index >= 15 is 0 Å². The molecule has 0 bridgehead atoms. The molecule has 0 saturated carbocycles. The molecule has 0 aliphatic heterocycles. The number of guanidine groups is 1. The van der Waals surface area contributed by atoms with Crippen molar-refractivity contribution in [2.24, 2.45) is 10.7 Å². The van der Waals surface area contributed by atoms with Gasteiger partial charge in [0, 0.05) is 7.05 Å². The van der Waals surface area contributed by atoms with E-state index in [2.05, 4.69) is 10.3 Å². The van der Waals surface area contributed by atoms with Crippen LogP contribution in [0.15, 0.2) is 29.3 Å². The quantitative estimate of drug-likeness (QED) is 0.438. The maximum Gasteiger partial charge on any atom is 0.188 e. The van der Waals surface area contributed by atoms with Crippen LogP contribution >= 0.6 is 0 Å². The van der Waals surface area contributed by atoms with Crippen molar-refractivity contribution in [2.75, 3.05) is 20.2 Å². The van der Waals surface area contributed by atoms with Gasteiger partial charge in [-0.1, -0.05) is 12.1 Å². The molecule has 1 rings (SSSR count). The summed E-state index contributed by atoms with van der Waals surface area (Å²) in [5, 5.41) is 2.92. The highest BCUT2D eigenvalue weighted by molar-refractivity contribution is 5.77. The van der Waals surface area contributed by atoms with Gasteiger partial charge in [0.05, 0.1) is 6.54 Å². The Labute approximate surface area is 90.2 Å². The standard InChI is InChI=1S/C11H17N3O/c1-9-4-3-5-10(8-9)15-7-6-14-11(12)13-2/h3-5,8H,6-7H2,1-2H3,(H3,12,13,14). The molecule has 15 heavy (non-hydrogen) atoms. The minimum absolute atomic E-state index is 0.433. The highest BCUT2D eigenvalue weighted by Gasteiger charge is 1.93. The van der Waals surface area contributed by atoms with E-state index in [0.717, 1.165) is 5.75 Å². The van der Waals surface area contributed by atoms with Crippen molar-refractivity contribution >= 4 is 5.96 Å². The first-order chi connectivity index (χ1) is 7.22. The SMILES string of the molecule is CN=C(N)NCCOc1cccc(C)c1. The second kappa shape index (κ2) is 5.90. The van der Waals surface area contributed by atoms with Gasteiger partial charge in [0.2, 0.25) is 0 Å². The van der Waals surface area contributed by atoms with Crippen molar-refractivity contribution in [3.05, 3.63) is 29.8 Å². The molecule has 4 heteroatoms. The third-order valence-corrected chi connectivity index (χ3v) is 1.91. The number of aliphatic imine (C=N–C) groups is 1. The van der Waals surface area contributed by atoms with Crippen LogP contribution in [-0.4, -0.2) is 26.2 Å². The topological polar surface area (TPSA) is 59.6 Å². The molecule has 0 aromatic heterocycles. The Morgan fingerprint density at radius 3 is 3.00 bits per heavy atom. The fourth-order valence-electron chi connectivity index (χ4n) is 1.13. The van der Waals surface area contributed by atoms with E-state index in [1.54, 1.807) is 7.05 Å². The van der Waals surface area contributed by atoms with Gasteiger partial charge in [-0.15, -0.1) is 0 Å². The summed E-state index contributed by atoms with van der Waals surface area (Å²) in [5.41, 5.74) is 6.65. The first-order valence-electron chi connectivity index (χ1n) is 4.88. The Morgan fingerprint density at radius 2 is 2.33 bits per heavy atom. The van der Waals surface area contributed by atoms with Gasteiger partial charge in [-0.3, -0.25) is 4.99 Å². The normalized spacial score (nSPS) is 11.2. The fraction of sp³-hybridized carbons (Fsp3) is 0.364. The van der Waals surface area contributed by atoms with Gasteiger partial charge in [-0.25, -0.2) is 0 Å². The summed E-state index contributed by atoms with van der Waals surface area (Å²) in [4.78, 5) is 3.77. The molecule has 0 aliphatic rings. The van der Waals surface area contributed by atoms with Crippen molar-refractivity contribution in [1.29, 1.82) is 0 Å². The predicted octanol–water partition coefficient (Wildman–Crippen LogP) is 0.908. The van der Waals surface area contributed by atoms with Crippen LogP contribution in [0.25, 0.3) is 0 Å². The average Bonchev–Trinajstić information content (AvgIpc) is 2.24. The Kier molecular flexibility index (Phi) is 4.47. The van der Waals surface area contributed by atoms with Crippen molar-refractivity contribution in [2.45, 2.75) is 6.92 Å². The molecule has 0 aliphatic carbocycles. The summed E-state index contributed by atoms with van der Waals surface area (Å²) in [7, 11) is 1.64. The molecule has 1 aromatic carbocycles. The van der Waals surface area contributed by atoms with Crippen LogP contribution in [0.1, 0.15) is 5.56 Å². The highest BCUT2D eigenvalue weighted by atomic mass is 16.5. The Hall–Kier alpha value is -1.71. The molecule has 0 spiro atoms. The summed E-state index contributed by atoms with van der Waals surface area (Å²) >= 11 is 0. The van der Waals surface area contributed by atoms with Gasteiger partial charge >= 0.3 is 0 Å². The molecule has 0 saturated heterocycles. The van der Waals surface area contributed by atoms with Crippen molar-refractivity contribution in [3.63, 3.8) is 0 Å². The second-order valence-corrected chi connectivity index (χ2v) is 3.20. The van der Waals surface area contributed by atoms with Crippen LogP contribution in [0.4, 0.5) is 0 Å². The Bertz CT molecular complexity index is 336. The number of ether oxygens (including phenoxy) is 1. The maximum absolute atomic E-state index is 5.51. The first kappa shape index (κ1) is 11.4. The lowest BCUT2D eigenvalue weighted by Gasteiger charge is -2.07. The van der Waals surface area contributed by atoms with Crippen LogP contribution in [0.3, 0.4) is 0 Å². The minimum atomic E-state index is 0.433. The van der Waals surface area contributed by atoms with E-state index in [4.69, 9.17) is 10.5 Å². The molecule has 0 fully saturated rings. The lowest BCUT2D eigenvalue weighted by atomic mass is 10.2. The summed E-state index contributed by atoms with van der Waals surface area (Å²) < 4.78 is 5.51. The molecule has 1 aromatic rings. The summed E-state index contributed by atoms with van der Waals surface area (Å²) in [6, 6.07) is 7.94. The lowest BCUT2D eigenvalue weighted by molar-refractivity contribution is 0.322. The minimum Gasteiger partial charge on any atom is -0.492 e. The molecule has 0 heterocycles. The van der Waals surface area contributed by atoms with Crippen LogP contribution in [0, 0.1) is 6.92 Å². The summed E-state index contributed by atoms with van der Waals surface area (Å²) in [5.74, 6) is 1.31. The van der Waals surface area contributed by atoms with Crippen LogP contribution in [-0.2, 0) is 0 Å². The van der Waals surface area contributed by atoms with Gasteiger partial charge in [-0.05, 0) is 24.6 Å². The molecule has 3 N–H and O–H groups in total. The predicted molar refractivity (Wildman–Crippen MR) is 62.2 cm³/mol. The number of benzene rings is 1. The van der Waals surface area contributed by atoms with E-state index < -0.39 is 0 Å². The number of nitrogens with zero attached hydrogens (tertiary/aromatic N) is 1. The van der Waals surface area contributed by atoms with E-state index in [1.807, 2.05) is 31.2 Å². The van der Waals surface area contributed by atoms with Crippen molar-refractivity contribution in [3.8, 4) is 5.75 Å². The van der Waals surface area contributed by atoms with Gasteiger partial charge < -0.3 is 15.8 Å². The second-order valence-electron chi connectivity index (χ2n) is 3.20. The zero-order valence-electron chi connectivity index (χ0n) is 9.16. The average molecular weight is 207 g/mol. The van der Waals surface area contributed by atoms with Gasteiger partial charge in [-0.2, -0.15) is 0 Å². The van der Waals surface area contributed by atoms with E-state index in [-0.39, 0.29) is 0 Å². The van der Waals surface area contributed by atoms with Crippen molar-refractivity contribution < 1.29 is 4.74 Å². The highest BCUT2D eigenvalue weighted by Crippen LogP contribution is 2.11. The largest absolute Gasteiger partial charge is 0.492 e. The number of aryl methyl sites for hydroxylation is 1. The molecule has 4 nitrogen and oxygen atoms in total. The van der Waals surface area contributed by atoms with Gasteiger partial charge in [0.25, 0.3) is 0 Å². The zero-order valence-corrected chi connectivity index (χ0v) is 9.16. The number of nitrogens with two attached hydrogens (primary N) is 1. The third-order valence-electron chi connectivity index (χ3n) is 1.91. The number of hydrogen-bond acceptors (Lipinski definition) is 2. The Balaban J connectivity index is 2.26. The molecular formula is C11H17N3O. The molecule has 0 unspecified atom stereocenters. The fourth-order valence-corrected chi connectivity index (χ4v) is 1.13. The van der Waals surface area contributed by atoms with Crippen molar-refractivity contribution in [1.82, 2.24) is 5.32 Å². The molecule has 0 radical (unpaired) electrons. The number of rotatable bonds is 4. The number of hydrogen-bond donors (Lipinski definition) is 2. The molecule has 82 valence electrons. The van der Waals surface area contributed by atoms with Gasteiger partial charge in [0.1, 0.15) is 12.4 Å². The van der Waals surface area contributed by atoms with Gasteiger partial charge in [0.15, 0.2) is 5.96 Å². The Morgan fingerprint density at radius 1 is 1.53 bits per heavy atom.